The van der Waals surface area contributed by atoms with Crippen LogP contribution in [0.15, 0.2) is 36.4 Å². The van der Waals surface area contributed by atoms with E-state index >= 15 is 0 Å². The van der Waals surface area contributed by atoms with Gasteiger partial charge in [-0.25, -0.2) is 8.78 Å². The van der Waals surface area contributed by atoms with E-state index in [1.54, 1.807) is 18.2 Å². The number of benzene rings is 2. The second-order valence-corrected chi connectivity index (χ2v) is 4.34. The molecule has 0 heterocycles. The first kappa shape index (κ1) is 13.3. The van der Waals surface area contributed by atoms with Gasteiger partial charge >= 0.3 is 0 Å². The van der Waals surface area contributed by atoms with Crippen LogP contribution in [0.3, 0.4) is 0 Å². The Morgan fingerprint density at radius 2 is 1.79 bits per heavy atom. The van der Waals surface area contributed by atoms with Crippen molar-refractivity contribution in [3.8, 4) is 6.07 Å². The zero-order chi connectivity index (χ0) is 13.8. The van der Waals surface area contributed by atoms with Gasteiger partial charge in [0.1, 0.15) is 17.7 Å². The van der Waals surface area contributed by atoms with Crippen molar-refractivity contribution < 1.29 is 8.78 Å². The van der Waals surface area contributed by atoms with E-state index in [4.69, 9.17) is 16.9 Å². The maximum atomic E-state index is 13.0. The van der Waals surface area contributed by atoms with Crippen molar-refractivity contribution in [2.75, 3.05) is 5.32 Å². The van der Waals surface area contributed by atoms with Crippen LogP contribution in [0, 0.1) is 23.0 Å². The summed E-state index contributed by atoms with van der Waals surface area (Å²) in [5.41, 5.74) is 1.54. The molecular weight excluding hydrogens is 270 g/mol. The topological polar surface area (TPSA) is 35.8 Å². The first-order valence-corrected chi connectivity index (χ1v) is 5.85. The van der Waals surface area contributed by atoms with E-state index in [-0.39, 0.29) is 6.54 Å². The summed E-state index contributed by atoms with van der Waals surface area (Å²) in [7, 11) is 0. The Morgan fingerprint density at radius 1 is 1.11 bits per heavy atom. The van der Waals surface area contributed by atoms with Crippen LogP contribution in [0.5, 0.6) is 0 Å². The predicted molar refractivity (Wildman–Crippen MR) is 69.9 cm³/mol. The summed E-state index contributed by atoms with van der Waals surface area (Å²) < 4.78 is 26.0. The molecule has 0 aromatic heterocycles. The van der Waals surface area contributed by atoms with Crippen molar-refractivity contribution in [1.82, 2.24) is 0 Å². The largest absolute Gasteiger partial charge is 0.381 e. The third-order valence-corrected chi connectivity index (χ3v) is 2.82. The van der Waals surface area contributed by atoms with Gasteiger partial charge in [0.15, 0.2) is 0 Å². The molecule has 19 heavy (non-hydrogen) atoms. The Morgan fingerprint density at radius 3 is 2.37 bits per heavy atom. The van der Waals surface area contributed by atoms with E-state index in [9.17, 15) is 8.78 Å². The first-order chi connectivity index (χ1) is 9.08. The van der Waals surface area contributed by atoms with Crippen molar-refractivity contribution in [1.29, 1.82) is 5.26 Å². The number of nitrogens with zero attached hydrogens (tertiary/aromatic N) is 1. The molecule has 0 aliphatic rings. The molecule has 0 spiro atoms. The molecule has 5 heteroatoms. The van der Waals surface area contributed by atoms with E-state index in [1.165, 1.54) is 12.1 Å². The van der Waals surface area contributed by atoms with E-state index in [0.29, 0.717) is 21.8 Å². The van der Waals surface area contributed by atoms with Crippen LogP contribution in [0.25, 0.3) is 0 Å². The number of hydrogen-bond acceptors (Lipinski definition) is 2. The van der Waals surface area contributed by atoms with Gasteiger partial charge in [-0.2, -0.15) is 5.26 Å². The second-order valence-electron chi connectivity index (χ2n) is 3.94. The maximum Gasteiger partial charge on any atom is 0.126 e. The van der Waals surface area contributed by atoms with E-state index < -0.39 is 11.6 Å². The molecule has 0 atom stereocenters. The van der Waals surface area contributed by atoms with Gasteiger partial charge in [-0.3, -0.25) is 0 Å². The van der Waals surface area contributed by atoms with Crippen molar-refractivity contribution >= 4 is 17.3 Å². The molecule has 2 aromatic carbocycles. The Bertz CT molecular complexity index is 630. The van der Waals surface area contributed by atoms with Gasteiger partial charge in [-0.1, -0.05) is 11.6 Å². The van der Waals surface area contributed by atoms with Crippen molar-refractivity contribution in [3.63, 3.8) is 0 Å². The lowest BCUT2D eigenvalue weighted by molar-refractivity contribution is 0.580. The molecule has 1 N–H and O–H groups in total. The van der Waals surface area contributed by atoms with Crippen LogP contribution >= 0.6 is 11.6 Å². The molecule has 2 aromatic rings. The summed E-state index contributed by atoms with van der Waals surface area (Å²) >= 11 is 5.88. The lowest BCUT2D eigenvalue weighted by atomic mass is 10.2. The van der Waals surface area contributed by atoms with E-state index in [0.717, 1.165) is 6.07 Å². The highest BCUT2D eigenvalue weighted by molar-refractivity contribution is 6.32. The normalized spacial score (nSPS) is 10.0. The monoisotopic (exact) mass is 278 g/mol. The van der Waals surface area contributed by atoms with Gasteiger partial charge in [0.2, 0.25) is 0 Å². The average Bonchev–Trinajstić information content (AvgIpc) is 2.35. The van der Waals surface area contributed by atoms with Gasteiger partial charge in [0.05, 0.1) is 10.6 Å². The maximum absolute atomic E-state index is 13.0. The zero-order valence-corrected chi connectivity index (χ0v) is 10.5. The molecule has 0 fully saturated rings. The second kappa shape index (κ2) is 5.68. The molecule has 0 aliphatic heterocycles. The average molecular weight is 279 g/mol. The third-order valence-electron chi connectivity index (χ3n) is 2.51. The smallest absolute Gasteiger partial charge is 0.126 e. The highest BCUT2D eigenvalue weighted by atomic mass is 35.5. The van der Waals surface area contributed by atoms with Gasteiger partial charge < -0.3 is 5.32 Å². The SMILES string of the molecule is N#Cc1ccc(NCc2cc(F)cc(F)c2)cc1Cl. The van der Waals surface area contributed by atoms with Gasteiger partial charge in [-0.05, 0) is 35.9 Å². The summed E-state index contributed by atoms with van der Waals surface area (Å²) in [6.07, 6.45) is 0. The number of halogens is 3. The molecule has 96 valence electrons. The summed E-state index contributed by atoms with van der Waals surface area (Å²) in [4.78, 5) is 0. The van der Waals surface area contributed by atoms with Crippen LogP contribution in [0.1, 0.15) is 11.1 Å². The van der Waals surface area contributed by atoms with Crippen molar-refractivity contribution in [3.05, 3.63) is 64.2 Å². The molecule has 0 saturated heterocycles. The predicted octanol–water partition coefficient (Wildman–Crippen LogP) is 4.10. The van der Waals surface area contributed by atoms with Crippen LogP contribution in [0.4, 0.5) is 14.5 Å². The number of anilines is 1. The van der Waals surface area contributed by atoms with Crippen LogP contribution in [-0.4, -0.2) is 0 Å². The highest BCUT2D eigenvalue weighted by Gasteiger charge is 2.03. The Labute approximate surface area is 114 Å². The Balaban J connectivity index is 2.10. The van der Waals surface area contributed by atoms with Crippen LogP contribution in [0.2, 0.25) is 5.02 Å². The minimum Gasteiger partial charge on any atom is -0.381 e. The first-order valence-electron chi connectivity index (χ1n) is 5.47. The summed E-state index contributed by atoms with van der Waals surface area (Å²) in [5.74, 6) is -1.23. The molecule has 0 aliphatic carbocycles. The van der Waals surface area contributed by atoms with E-state index in [2.05, 4.69) is 5.32 Å². The molecule has 0 amide bonds. The molecule has 0 bridgehead atoms. The third kappa shape index (κ3) is 3.43. The molecule has 2 nitrogen and oxygen atoms in total. The van der Waals surface area contributed by atoms with Crippen LogP contribution in [-0.2, 0) is 6.54 Å². The molecule has 0 radical (unpaired) electrons. The molecule has 2 rings (SSSR count). The fourth-order valence-electron chi connectivity index (χ4n) is 1.63. The van der Waals surface area contributed by atoms with Gasteiger partial charge in [0, 0.05) is 18.3 Å². The summed E-state index contributed by atoms with van der Waals surface area (Å²) in [6, 6.07) is 10.1. The van der Waals surface area contributed by atoms with Crippen molar-refractivity contribution in [2.24, 2.45) is 0 Å². The fraction of sp³-hybridized carbons (Fsp3) is 0.0714. The van der Waals surface area contributed by atoms with E-state index in [1.807, 2.05) is 6.07 Å². The Kier molecular flexibility index (Phi) is 3.98. The quantitative estimate of drug-likeness (QED) is 0.917. The Hall–Kier alpha value is -2.12. The number of nitriles is 1. The zero-order valence-electron chi connectivity index (χ0n) is 9.75. The van der Waals surface area contributed by atoms with Gasteiger partial charge in [-0.15, -0.1) is 0 Å². The summed E-state index contributed by atoms with van der Waals surface area (Å²) in [5, 5.41) is 12.1. The standard InChI is InChI=1S/C14H9ClF2N2/c15-14-6-13(2-1-10(14)7-18)19-8-9-3-11(16)5-12(17)4-9/h1-6,19H,8H2. The summed E-state index contributed by atoms with van der Waals surface area (Å²) in [6.45, 7) is 0.261. The highest BCUT2D eigenvalue weighted by Crippen LogP contribution is 2.20. The molecule has 0 saturated carbocycles. The van der Waals surface area contributed by atoms with Crippen molar-refractivity contribution in [2.45, 2.75) is 6.54 Å². The number of nitrogens with one attached hydrogen (secondary N) is 1. The fourth-order valence-corrected chi connectivity index (χ4v) is 1.86. The molecule has 0 unspecified atom stereocenters. The lowest BCUT2D eigenvalue weighted by Gasteiger charge is -2.08. The number of rotatable bonds is 3. The minimum atomic E-state index is -0.616. The van der Waals surface area contributed by atoms with Gasteiger partial charge in [0.25, 0.3) is 0 Å². The number of hydrogen-bond donors (Lipinski definition) is 1. The molecular formula is C14H9ClF2N2. The minimum absolute atomic E-state index is 0.261. The lowest BCUT2D eigenvalue weighted by Crippen LogP contribution is -2.00. The van der Waals surface area contributed by atoms with Crippen LogP contribution < -0.4 is 5.32 Å².